The van der Waals surface area contributed by atoms with Crippen LogP contribution in [0.2, 0.25) is 0 Å². The van der Waals surface area contributed by atoms with Gasteiger partial charge in [0.15, 0.2) is 12.4 Å². The number of esters is 1. The second-order valence-electron chi connectivity index (χ2n) is 11.5. The Morgan fingerprint density at radius 1 is 0.915 bits per heavy atom. The van der Waals surface area contributed by atoms with Gasteiger partial charge in [0.05, 0.1) is 25.9 Å². The van der Waals surface area contributed by atoms with Crippen molar-refractivity contribution in [3.63, 3.8) is 0 Å². The summed E-state index contributed by atoms with van der Waals surface area (Å²) in [5, 5.41) is 12.4. The molecule has 0 aliphatic carbocycles. The normalized spacial score (nSPS) is 19.9. The Morgan fingerprint density at radius 2 is 1.60 bits per heavy atom. The van der Waals surface area contributed by atoms with Crippen LogP contribution in [0, 0.1) is 5.92 Å². The largest absolute Gasteiger partial charge is 0.496 e. The summed E-state index contributed by atoms with van der Waals surface area (Å²) in [7, 11) is 1.68. The van der Waals surface area contributed by atoms with Crippen molar-refractivity contribution in [3.8, 4) is 16.9 Å². The molecule has 1 heterocycles. The Bertz CT molecular complexity index is 1640. The van der Waals surface area contributed by atoms with Crippen molar-refractivity contribution in [2.45, 2.75) is 63.4 Å². The molecule has 5 rings (SSSR count). The summed E-state index contributed by atoms with van der Waals surface area (Å²) in [6.45, 7) is 5.26. The van der Waals surface area contributed by atoms with E-state index in [0.29, 0.717) is 5.75 Å². The lowest BCUT2D eigenvalue weighted by Gasteiger charge is -2.41. The van der Waals surface area contributed by atoms with Crippen LogP contribution in [0.25, 0.3) is 11.1 Å². The van der Waals surface area contributed by atoms with Crippen LogP contribution in [-0.4, -0.2) is 42.1 Å². The number of aliphatic hydroxyl groups is 1. The van der Waals surface area contributed by atoms with Crippen LogP contribution in [0.3, 0.4) is 0 Å². The van der Waals surface area contributed by atoms with Gasteiger partial charge in [-0.3, -0.25) is 9.59 Å². The first-order valence-corrected chi connectivity index (χ1v) is 16.7. The van der Waals surface area contributed by atoms with E-state index < -0.39 is 18.4 Å². The SMILES string of the molecule is COc1ccccc1SC[C@@H]1O[C@H](c2ccc(-c3ccccc3CNC(=O)[C@H](C)OC(C)=O)cc2)O[C@H](c2ccc(CO)cc2)[C@@H]1C. The summed E-state index contributed by atoms with van der Waals surface area (Å²) in [5.74, 6) is 0.739. The monoisotopic (exact) mass is 655 g/mol. The van der Waals surface area contributed by atoms with Crippen LogP contribution in [0.4, 0.5) is 0 Å². The van der Waals surface area contributed by atoms with Crippen LogP contribution < -0.4 is 10.1 Å². The van der Waals surface area contributed by atoms with E-state index in [-0.39, 0.29) is 37.2 Å². The zero-order valence-electron chi connectivity index (χ0n) is 27.1. The van der Waals surface area contributed by atoms with Gasteiger partial charge in [0.2, 0.25) is 0 Å². The molecule has 1 fully saturated rings. The number of carbonyl (C=O) groups excluding carboxylic acids is 2. The smallest absolute Gasteiger partial charge is 0.303 e. The first-order valence-electron chi connectivity index (χ1n) is 15.7. The second kappa shape index (κ2) is 16.1. The van der Waals surface area contributed by atoms with E-state index in [1.807, 2.05) is 91.0 Å². The van der Waals surface area contributed by atoms with Crippen molar-refractivity contribution in [2.75, 3.05) is 12.9 Å². The Kier molecular flexibility index (Phi) is 11.7. The molecular weight excluding hydrogens is 614 g/mol. The number of ether oxygens (including phenoxy) is 4. The molecule has 0 radical (unpaired) electrons. The molecule has 0 aromatic heterocycles. The molecule has 5 atom stereocenters. The van der Waals surface area contributed by atoms with Gasteiger partial charge in [-0.15, -0.1) is 11.8 Å². The fourth-order valence-corrected chi connectivity index (χ4v) is 6.82. The lowest BCUT2D eigenvalue weighted by Crippen LogP contribution is -2.38. The highest BCUT2D eigenvalue weighted by molar-refractivity contribution is 7.99. The number of methoxy groups -OCH3 is 1. The van der Waals surface area contributed by atoms with Gasteiger partial charge < -0.3 is 29.4 Å². The average Bonchev–Trinajstić information content (AvgIpc) is 3.10. The van der Waals surface area contributed by atoms with E-state index >= 15 is 0 Å². The van der Waals surface area contributed by atoms with E-state index in [4.69, 9.17) is 18.9 Å². The van der Waals surface area contributed by atoms with E-state index in [0.717, 1.165) is 44.0 Å². The Morgan fingerprint density at radius 3 is 2.30 bits per heavy atom. The molecule has 4 aromatic carbocycles. The lowest BCUT2D eigenvalue weighted by molar-refractivity contribution is -0.268. The Labute approximate surface area is 280 Å². The fraction of sp³-hybridized carbons (Fsp3) is 0.316. The molecule has 246 valence electrons. The van der Waals surface area contributed by atoms with Gasteiger partial charge in [0, 0.05) is 35.6 Å². The summed E-state index contributed by atoms with van der Waals surface area (Å²) >= 11 is 1.70. The molecular formula is C38H41NO7S. The Balaban J connectivity index is 1.35. The highest BCUT2D eigenvalue weighted by Gasteiger charge is 2.38. The summed E-state index contributed by atoms with van der Waals surface area (Å²) < 4.78 is 23.9. The molecule has 4 aromatic rings. The van der Waals surface area contributed by atoms with Crippen molar-refractivity contribution in [3.05, 3.63) is 119 Å². The molecule has 0 spiro atoms. The average molecular weight is 656 g/mol. The molecule has 1 aliphatic heterocycles. The third-order valence-corrected chi connectivity index (χ3v) is 9.42. The molecule has 1 amide bonds. The van der Waals surface area contributed by atoms with Gasteiger partial charge in [0.1, 0.15) is 5.75 Å². The van der Waals surface area contributed by atoms with Gasteiger partial charge in [-0.2, -0.15) is 0 Å². The van der Waals surface area contributed by atoms with Crippen LogP contribution >= 0.6 is 11.8 Å². The molecule has 9 heteroatoms. The third kappa shape index (κ3) is 8.61. The topological polar surface area (TPSA) is 103 Å². The minimum Gasteiger partial charge on any atom is -0.496 e. The van der Waals surface area contributed by atoms with Gasteiger partial charge in [-0.1, -0.05) is 91.9 Å². The maximum absolute atomic E-state index is 12.5. The quantitative estimate of drug-likeness (QED) is 0.124. The zero-order valence-corrected chi connectivity index (χ0v) is 27.9. The first kappa shape index (κ1) is 34.2. The summed E-state index contributed by atoms with van der Waals surface area (Å²) in [6.07, 6.45) is -1.80. The van der Waals surface area contributed by atoms with E-state index in [1.54, 1.807) is 25.8 Å². The van der Waals surface area contributed by atoms with E-state index in [2.05, 4.69) is 18.3 Å². The van der Waals surface area contributed by atoms with Crippen LogP contribution in [0.1, 0.15) is 55.4 Å². The molecule has 47 heavy (non-hydrogen) atoms. The van der Waals surface area contributed by atoms with Crippen LogP contribution in [-0.2, 0) is 37.0 Å². The number of carbonyl (C=O) groups is 2. The highest BCUT2D eigenvalue weighted by Crippen LogP contribution is 2.44. The maximum Gasteiger partial charge on any atom is 0.303 e. The van der Waals surface area contributed by atoms with Crippen molar-refractivity contribution in [2.24, 2.45) is 5.92 Å². The summed E-state index contributed by atoms with van der Waals surface area (Å²) in [6, 6.07) is 31.8. The third-order valence-electron chi connectivity index (χ3n) is 8.27. The maximum atomic E-state index is 12.5. The number of para-hydroxylation sites is 1. The molecule has 0 saturated carbocycles. The number of benzene rings is 4. The molecule has 8 nitrogen and oxygen atoms in total. The minimum absolute atomic E-state index is 0.0134. The molecule has 1 aliphatic rings. The lowest BCUT2D eigenvalue weighted by atomic mass is 9.91. The number of hydrogen-bond acceptors (Lipinski definition) is 8. The summed E-state index contributed by atoms with van der Waals surface area (Å²) in [5.41, 5.74) is 5.67. The molecule has 0 bridgehead atoms. The highest BCUT2D eigenvalue weighted by atomic mass is 32.2. The van der Waals surface area contributed by atoms with Gasteiger partial charge in [0.25, 0.3) is 5.91 Å². The predicted molar refractivity (Wildman–Crippen MR) is 182 cm³/mol. The number of thioether (sulfide) groups is 1. The van der Waals surface area contributed by atoms with Gasteiger partial charge in [-0.05, 0) is 46.9 Å². The minimum atomic E-state index is -0.870. The van der Waals surface area contributed by atoms with Crippen LogP contribution in [0.15, 0.2) is 102 Å². The van der Waals surface area contributed by atoms with E-state index in [1.165, 1.54) is 6.92 Å². The first-order chi connectivity index (χ1) is 22.8. The number of hydrogen-bond donors (Lipinski definition) is 2. The van der Waals surface area contributed by atoms with Crippen molar-refractivity contribution >= 4 is 23.6 Å². The second-order valence-corrected chi connectivity index (χ2v) is 12.6. The molecule has 2 N–H and O–H groups in total. The van der Waals surface area contributed by atoms with Crippen molar-refractivity contribution in [1.29, 1.82) is 0 Å². The number of nitrogens with one attached hydrogen (secondary N) is 1. The number of amides is 1. The van der Waals surface area contributed by atoms with Gasteiger partial charge >= 0.3 is 5.97 Å². The molecule has 1 saturated heterocycles. The molecule has 0 unspecified atom stereocenters. The number of rotatable bonds is 12. The standard InChI is InChI=1S/C38H41NO7S/c1-24-34(23-47-35-12-8-7-11-33(35)43-4)45-38(46-36(24)29-15-13-27(22-40)14-16-29)30-19-17-28(18-20-30)32-10-6-5-9-31(32)21-39-37(42)25(2)44-26(3)41/h5-20,24-25,34,36,38,40H,21-23H2,1-4H3,(H,39,42)/t24-,25+,34+,36+,38+/m1/s1. The number of aliphatic hydroxyl groups excluding tert-OH is 1. The Hall–Kier alpha value is -4.15. The fourth-order valence-electron chi connectivity index (χ4n) is 5.62. The zero-order chi connectivity index (χ0) is 33.3. The summed E-state index contributed by atoms with van der Waals surface area (Å²) in [4.78, 5) is 24.8. The predicted octanol–water partition coefficient (Wildman–Crippen LogP) is 7.01. The van der Waals surface area contributed by atoms with Crippen molar-refractivity contribution < 1.29 is 33.6 Å². The van der Waals surface area contributed by atoms with Gasteiger partial charge in [-0.25, -0.2) is 0 Å². The van der Waals surface area contributed by atoms with Crippen molar-refractivity contribution in [1.82, 2.24) is 5.32 Å². The van der Waals surface area contributed by atoms with Crippen LogP contribution in [0.5, 0.6) is 5.75 Å². The van der Waals surface area contributed by atoms with E-state index in [9.17, 15) is 14.7 Å².